The van der Waals surface area contributed by atoms with Crippen molar-refractivity contribution < 1.29 is 13.6 Å². The molecule has 2 amide bonds. The first kappa shape index (κ1) is 17.1. The smallest absolute Gasteiger partial charge is 0.322 e. The molecular weight excluding hydrogens is 356 g/mol. The molecule has 3 heterocycles. The van der Waals surface area contributed by atoms with E-state index in [0.29, 0.717) is 37.7 Å². The zero-order valence-corrected chi connectivity index (χ0v) is 14.6. The Morgan fingerprint density at radius 2 is 1.89 bits per heavy atom. The molecule has 10 heteroatoms. The van der Waals surface area contributed by atoms with Gasteiger partial charge in [-0.25, -0.2) is 13.6 Å². The number of nitrogens with zero attached hydrogens (tertiary/aromatic N) is 6. The van der Waals surface area contributed by atoms with Crippen molar-refractivity contribution >= 4 is 23.1 Å². The van der Waals surface area contributed by atoms with E-state index in [1.54, 1.807) is 15.6 Å². The predicted octanol–water partition coefficient (Wildman–Crippen LogP) is 2.07. The lowest BCUT2D eigenvalue weighted by Crippen LogP contribution is -2.50. The fraction of sp³-hybridized carbons (Fsp3) is 0.294. The van der Waals surface area contributed by atoms with E-state index < -0.39 is 17.7 Å². The molecule has 0 spiro atoms. The molecule has 0 saturated carbocycles. The third-order valence-corrected chi connectivity index (χ3v) is 4.51. The normalized spacial score (nSPS) is 14.6. The van der Waals surface area contributed by atoms with Gasteiger partial charge in [0.1, 0.15) is 11.6 Å². The summed E-state index contributed by atoms with van der Waals surface area (Å²) >= 11 is 0. The molecule has 27 heavy (non-hydrogen) atoms. The molecule has 1 aromatic carbocycles. The lowest BCUT2D eigenvalue weighted by molar-refractivity contribution is 0.208. The molecule has 140 valence electrons. The molecule has 0 unspecified atom stereocenters. The zero-order chi connectivity index (χ0) is 19.0. The predicted molar refractivity (Wildman–Crippen MR) is 94.7 cm³/mol. The van der Waals surface area contributed by atoms with Gasteiger partial charge < -0.3 is 15.1 Å². The molecule has 0 bridgehead atoms. The van der Waals surface area contributed by atoms with Gasteiger partial charge in [0.25, 0.3) is 0 Å². The van der Waals surface area contributed by atoms with Crippen LogP contribution >= 0.6 is 0 Å². The van der Waals surface area contributed by atoms with Crippen molar-refractivity contribution in [1.29, 1.82) is 0 Å². The number of aromatic nitrogens is 4. The van der Waals surface area contributed by atoms with Gasteiger partial charge in [-0.2, -0.15) is 9.61 Å². The molecule has 1 fully saturated rings. The Bertz CT molecular complexity index is 998. The molecule has 0 atom stereocenters. The highest BCUT2D eigenvalue weighted by molar-refractivity contribution is 5.89. The lowest BCUT2D eigenvalue weighted by Gasteiger charge is -2.35. The van der Waals surface area contributed by atoms with Crippen LogP contribution in [0.5, 0.6) is 0 Å². The minimum absolute atomic E-state index is 0.0411. The quantitative estimate of drug-likeness (QED) is 0.744. The summed E-state index contributed by atoms with van der Waals surface area (Å²) in [6.07, 6.45) is 1.74. The highest BCUT2D eigenvalue weighted by Gasteiger charge is 2.22. The monoisotopic (exact) mass is 373 g/mol. The van der Waals surface area contributed by atoms with Crippen molar-refractivity contribution in [2.45, 2.75) is 6.92 Å². The minimum Gasteiger partial charge on any atom is -0.367 e. The number of carbonyl (C=O) groups is 1. The van der Waals surface area contributed by atoms with Crippen molar-refractivity contribution in [3.8, 4) is 0 Å². The Morgan fingerprint density at radius 3 is 2.63 bits per heavy atom. The summed E-state index contributed by atoms with van der Waals surface area (Å²) in [7, 11) is 0. The number of carbonyl (C=O) groups excluding carboxylic acids is 1. The van der Waals surface area contributed by atoms with Crippen LogP contribution < -0.4 is 10.2 Å². The van der Waals surface area contributed by atoms with Gasteiger partial charge in [0.05, 0.1) is 17.6 Å². The van der Waals surface area contributed by atoms with Crippen LogP contribution in [0.15, 0.2) is 30.5 Å². The summed E-state index contributed by atoms with van der Waals surface area (Å²) in [4.78, 5) is 16.0. The average molecular weight is 373 g/mol. The third kappa shape index (κ3) is 3.37. The maximum atomic E-state index is 13.7. The van der Waals surface area contributed by atoms with E-state index in [1.807, 2.05) is 13.0 Å². The molecular formula is C17H17F2N7O. The molecule has 4 rings (SSSR count). The second kappa shape index (κ2) is 6.78. The number of amides is 2. The van der Waals surface area contributed by atoms with Crippen molar-refractivity contribution in [2.24, 2.45) is 0 Å². The average Bonchev–Trinajstić information content (AvgIpc) is 3.04. The van der Waals surface area contributed by atoms with Crippen LogP contribution in [-0.2, 0) is 0 Å². The molecule has 8 nitrogen and oxygen atoms in total. The Morgan fingerprint density at radius 1 is 1.11 bits per heavy atom. The van der Waals surface area contributed by atoms with E-state index in [4.69, 9.17) is 0 Å². The fourth-order valence-electron chi connectivity index (χ4n) is 3.02. The fourth-order valence-corrected chi connectivity index (χ4v) is 3.02. The number of piperazine rings is 1. The van der Waals surface area contributed by atoms with Crippen molar-refractivity contribution in [2.75, 3.05) is 36.4 Å². The number of aryl methyl sites for hydroxylation is 1. The number of rotatable bonds is 2. The maximum Gasteiger partial charge on any atom is 0.322 e. The number of anilines is 2. The number of hydrogen-bond donors (Lipinski definition) is 1. The van der Waals surface area contributed by atoms with Crippen LogP contribution in [0.25, 0.3) is 5.65 Å². The van der Waals surface area contributed by atoms with E-state index >= 15 is 0 Å². The van der Waals surface area contributed by atoms with Crippen LogP contribution in [-0.4, -0.2) is 56.9 Å². The van der Waals surface area contributed by atoms with Gasteiger partial charge in [-0.3, -0.25) is 0 Å². The molecule has 0 aliphatic carbocycles. The molecule has 2 aromatic heterocycles. The van der Waals surface area contributed by atoms with Gasteiger partial charge in [0.2, 0.25) is 0 Å². The van der Waals surface area contributed by atoms with Crippen molar-refractivity contribution in [3.05, 3.63) is 47.9 Å². The highest BCUT2D eigenvalue weighted by Crippen LogP contribution is 2.19. The molecule has 0 radical (unpaired) electrons. The summed E-state index contributed by atoms with van der Waals surface area (Å²) in [5, 5.41) is 14.9. The van der Waals surface area contributed by atoms with Gasteiger partial charge >= 0.3 is 6.03 Å². The van der Waals surface area contributed by atoms with Crippen LogP contribution in [0, 0.1) is 18.6 Å². The topological polar surface area (TPSA) is 78.7 Å². The first-order valence-corrected chi connectivity index (χ1v) is 8.45. The SMILES string of the molecule is Cc1nnc2cc(N3CCN(C(=O)Nc4ccc(F)cc4F)CC3)cnn12. The Labute approximate surface area is 153 Å². The number of nitrogens with one attached hydrogen (secondary N) is 1. The van der Waals surface area contributed by atoms with Gasteiger partial charge in [-0.15, -0.1) is 10.2 Å². The van der Waals surface area contributed by atoms with E-state index in [-0.39, 0.29) is 5.69 Å². The second-order valence-electron chi connectivity index (χ2n) is 6.26. The number of hydrogen-bond acceptors (Lipinski definition) is 5. The van der Waals surface area contributed by atoms with E-state index in [1.165, 1.54) is 6.07 Å². The van der Waals surface area contributed by atoms with Gasteiger partial charge in [0, 0.05) is 38.3 Å². The zero-order valence-electron chi connectivity index (χ0n) is 14.6. The number of fused-ring (bicyclic) bond motifs is 1. The van der Waals surface area contributed by atoms with Crippen LogP contribution in [0.4, 0.5) is 25.0 Å². The summed E-state index contributed by atoms with van der Waals surface area (Å²) in [6.45, 7) is 3.96. The van der Waals surface area contributed by atoms with Crippen molar-refractivity contribution in [3.63, 3.8) is 0 Å². The van der Waals surface area contributed by atoms with Crippen LogP contribution in [0.3, 0.4) is 0 Å². The van der Waals surface area contributed by atoms with E-state index in [0.717, 1.165) is 17.8 Å². The van der Waals surface area contributed by atoms with Gasteiger partial charge in [0.15, 0.2) is 11.5 Å². The van der Waals surface area contributed by atoms with Crippen LogP contribution in [0.2, 0.25) is 0 Å². The molecule has 1 aliphatic heterocycles. The van der Waals surface area contributed by atoms with Gasteiger partial charge in [-0.05, 0) is 19.1 Å². The minimum atomic E-state index is -0.801. The number of halogens is 2. The van der Waals surface area contributed by atoms with Gasteiger partial charge in [-0.1, -0.05) is 0 Å². The Kier molecular flexibility index (Phi) is 4.30. The summed E-state index contributed by atoms with van der Waals surface area (Å²) in [5.41, 5.74) is 1.53. The lowest BCUT2D eigenvalue weighted by atomic mass is 10.2. The van der Waals surface area contributed by atoms with Crippen LogP contribution in [0.1, 0.15) is 5.82 Å². The first-order valence-electron chi connectivity index (χ1n) is 8.45. The number of benzene rings is 1. The standard InChI is InChI=1S/C17H17F2N7O/c1-11-22-23-16-9-13(10-20-26(11)16)24-4-6-25(7-5-24)17(27)21-15-3-2-12(18)8-14(15)19/h2-3,8-10H,4-7H2,1H3,(H,21,27). The highest BCUT2D eigenvalue weighted by atomic mass is 19.1. The van der Waals surface area contributed by atoms with E-state index in [9.17, 15) is 13.6 Å². The largest absolute Gasteiger partial charge is 0.367 e. The first-order chi connectivity index (χ1) is 13.0. The Hall–Kier alpha value is -3.30. The molecule has 1 saturated heterocycles. The molecule has 3 aromatic rings. The Balaban J connectivity index is 1.39. The number of urea groups is 1. The van der Waals surface area contributed by atoms with Crippen molar-refractivity contribution in [1.82, 2.24) is 24.7 Å². The van der Waals surface area contributed by atoms with E-state index in [2.05, 4.69) is 25.5 Å². The third-order valence-electron chi connectivity index (χ3n) is 4.51. The summed E-state index contributed by atoms with van der Waals surface area (Å²) < 4.78 is 28.3. The summed E-state index contributed by atoms with van der Waals surface area (Å²) in [5.74, 6) is -0.774. The maximum absolute atomic E-state index is 13.7. The second-order valence-corrected chi connectivity index (χ2v) is 6.26. The summed E-state index contributed by atoms with van der Waals surface area (Å²) in [6, 6.07) is 4.54. The molecule has 1 N–H and O–H groups in total. The molecule has 1 aliphatic rings.